The first-order valence-electron chi connectivity index (χ1n) is 10.1. The number of rotatable bonds is 7. The lowest BCUT2D eigenvalue weighted by molar-refractivity contribution is -0.135. The summed E-state index contributed by atoms with van der Waals surface area (Å²) >= 11 is 0. The second-order valence-corrected chi connectivity index (χ2v) is 7.61. The standard InChI is InChI=1S/C19H34N6O2/c1-6-20-19(21-10-7-16-23-17(13(2)3)24-27-16)22-15-8-11-25(12-9-15)18(26)14(4)5/h13-15H,6-12H2,1-5H3,(H2,20,21,22). The van der Waals surface area contributed by atoms with E-state index >= 15 is 0 Å². The van der Waals surface area contributed by atoms with E-state index in [-0.39, 0.29) is 17.7 Å². The summed E-state index contributed by atoms with van der Waals surface area (Å²) in [6, 6.07) is 0.329. The molecule has 8 nitrogen and oxygen atoms in total. The summed E-state index contributed by atoms with van der Waals surface area (Å²) in [6.45, 7) is 13.0. The van der Waals surface area contributed by atoms with Crippen LogP contribution in [0.3, 0.4) is 0 Å². The molecule has 0 radical (unpaired) electrons. The fraction of sp³-hybridized carbons (Fsp3) is 0.789. The van der Waals surface area contributed by atoms with Crippen molar-refractivity contribution in [2.24, 2.45) is 10.9 Å². The predicted molar refractivity (Wildman–Crippen MR) is 106 cm³/mol. The molecule has 0 atom stereocenters. The number of nitrogens with zero attached hydrogens (tertiary/aromatic N) is 4. The van der Waals surface area contributed by atoms with E-state index in [2.05, 4.69) is 25.8 Å². The van der Waals surface area contributed by atoms with E-state index in [9.17, 15) is 4.79 Å². The summed E-state index contributed by atoms with van der Waals surface area (Å²) in [5.74, 6) is 2.73. The molecule has 2 rings (SSSR count). The topological polar surface area (TPSA) is 95.7 Å². The zero-order chi connectivity index (χ0) is 19.8. The van der Waals surface area contributed by atoms with Crippen molar-refractivity contribution in [3.63, 3.8) is 0 Å². The van der Waals surface area contributed by atoms with E-state index in [1.54, 1.807) is 0 Å². The van der Waals surface area contributed by atoms with Crippen LogP contribution in [0.5, 0.6) is 0 Å². The molecule has 27 heavy (non-hydrogen) atoms. The summed E-state index contributed by atoms with van der Waals surface area (Å²) in [6.07, 6.45) is 2.49. The first-order chi connectivity index (χ1) is 12.9. The van der Waals surface area contributed by atoms with Gasteiger partial charge in [0.05, 0.1) is 6.54 Å². The number of nitrogens with one attached hydrogen (secondary N) is 2. The molecule has 1 saturated heterocycles. The summed E-state index contributed by atoms with van der Waals surface area (Å²) in [5.41, 5.74) is 0. The highest BCUT2D eigenvalue weighted by molar-refractivity contribution is 5.80. The smallest absolute Gasteiger partial charge is 0.228 e. The van der Waals surface area contributed by atoms with E-state index in [4.69, 9.17) is 4.52 Å². The van der Waals surface area contributed by atoms with E-state index in [1.165, 1.54) is 0 Å². The Morgan fingerprint density at radius 2 is 2.00 bits per heavy atom. The van der Waals surface area contributed by atoms with Gasteiger partial charge in [-0.1, -0.05) is 32.9 Å². The first kappa shape index (κ1) is 21.2. The first-order valence-corrected chi connectivity index (χ1v) is 10.1. The molecule has 0 bridgehead atoms. The van der Waals surface area contributed by atoms with Gasteiger partial charge in [-0.05, 0) is 19.8 Å². The van der Waals surface area contributed by atoms with Crippen LogP contribution in [0.15, 0.2) is 9.52 Å². The quantitative estimate of drug-likeness (QED) is 0.556. The van der Waals surface area contributed by atoms with Gasteiger partial charge in [-0.3, -0.25) is 9.79 Å². The second-order valence-electron chi connectivity index (χ2n) is 7.61. The average Bonchev–Trinajstić information content (AvgIpc) is 3.11. The number of hydrogen-bond acceptors (Lipinski definition) is 5. The molecule has 2 N–H and O–H groups in total. The van der Waals surface area contributed by atoms with Crippen molar-refractivity contribution in [2.45, 2.75) is 65.8 Å². The van der Waals surface area contributed by atoms with Gasteiger partial charge in [0.15, 0.2) is 11.8 Å². The Balaban J connectivity index is 1.82. The highest BCUT2D eigenvalue weighted by Crippen LogP contribution is 2.13. The Morgan fingerprint density at radius 3 is 2.56 bits per heavy atom. The van der Waals surface area contributed by atoms with Crippen LogP contribution >= 0.6 is 0 Å². The summed E-state index contributed by atoms with van der Waals surface area (Å²) in [4.78, 5) is 23.1. The van der Waals surface area contributed by atoms with Crippen molar-refractivity contribution >= 4 is 11.9 Å². The number of aromatic nitrogens is 2. The molecule has 1 amide bonds. The minimum Gasteiger partial charge on any atom is -0.357 e. The number of amides is 1. The Morgan fingerprint density at radius 1 is 1.30 bits per heavy atom. The van der Waals surface area contributed by atoms with Crippen LogP contribution < -0.4 is 10.6 Å². The van der Waals surface area contributed by atoms with Gasteiger partial charge in [-0.2, -0.15) is 4.98 Å². The van der Waals surface area contributed by atoms with Gasteiger partial charge >= 0.3 is 0 Å². The average molecular weight is 379 g/mol. The van der Waals surface area contributed by atoms with Crippen LogP contribution in [0.2, 0.25) is 0 Å². The number of piperidine rings is 1. The van der Waals surface area contributed by atoms with Gasteiger partial charge in [0.1, 0.15) is 0 Å². The van der Waals surface area contributed by atoms with Crippen LogP contribution in [-0.2, 0) is 11.2 Å². The summed E-state index contributed by atoms with van der Waals surface area (Å²) in [7, 11) is 0. The van der Waals surface area contributed by atoms with Crippen molar-refractivity contribution in [2.75, 3.05) is 26.2 Å². The van der Waals surface area contributed by atoms with E-state index in [0.29, 0.717) is 24.9 Å². The predicted octanol–water partition coefficient (Wildman–Crippen LogP) is 1.94. The molecule has 1 aliphatic heterocycles. The minimum atomic E-state index is 0.0642. The SMILES string of the molecule is CCNC(=NCCc1nc(C(C)C)no1)NC1CCN(C(=O)C(C)C)CC1. The Kier molecular flexibility index (Phi) is 8.06. The van der Waals surface area contributed by atoms with Crippen LogP contribution in [-0.4, -0.2) is 59.1 Å². The zero-order valence-corrected chi connectivity index (χ0v) is 17.3. The number of guanidine groups is 1. The summed E-state index contributed by atoms with van der Waals surface area (Å²) < 4.78 is 5.26. The molecule has 0 aromatic carbocycles. The van der Waals surface area contributed by atoms with Gasteiger partial charge in [-0.15, -0.1) is 0 Å². The fourth-order valence-corrected chi connectivity index (χ4v) is 2.99. The maximum atomic E-state index is 12.1. The fourth-order valence-electron chi connectivity index (χ4n) is 2.99. The van der Waals surface area contributed by atoms with Gasteiger partial charge in [0, 0.05) is 43.9 Å². The molecule has 1 aromatic rings. The van der Waals surface area contributed by atoms with Crippen molar-refractivity contribution in [1.29, 1.82) is 0 Å². The molecule has 0 aliphatic carbocycles. The molecular formula is C19H34N6O2. The maximum absolute atomic E-state index is 12.1. The third-order valence-corrected chi connectivity index (χ3v) is 4.58. The summed E-state index contributed by atoms with van der Waals surface area (Å²) in [5, 5.41) is 10.8. The van der Waals surface area contributed by atoms with Gasteiger partial charge in [0.25, 0.3) is 0 Å². The molecule has 1 fully saturated rings. The van der Waals surface area contributed by atoms with Crippen molar-refractivity contribution in [3.05, 3.63) is 11.7 Å². The number of likely N-dealkylation sites (tertiary alicyclic amines) is 1. The highest BCUT2D eigenvalue weighted by atomic mass is 16.5. The number of hydrogen-bond donors (Lipinski definition) is 2. The second kappa shape index (κ2) is 10.3. The van der Waals surface area contributed by atoms with Crippen LogP contribution in [0.1, 0.15) is 65.1 Å². The van der Waals surface area contributed by atoms with Crippen LogP contribution in [0, 0.1) is 5.92 Å². The van der Waals surface area contributed by atoms with Crippen molar-refractivity contribution in [1.82, 2.24) is 25.7 Å². The van der Waals surface area contributed by atoms with Crippen molar-refractivity contribution in [3.8, 4) is 0 Å². The highest BCUT2D eigenvalue weighted by Gasteiger charge is 2.24. The van der Waals surface area contributed by atoms with Gasteiger partial charge in [0.2, 0.25) is 11.8 Å². The van der Waals surface area contributed by atoms with E-state index in [1.807, 2.05) is 39.5 Å². The number of aliphatic imine (C=N–C) groups is 1. The lowest BCUT2D eigenvalue weighted by atomic mass is 10.0. The molecular weight excluding hydrogens is 344 g/mol. The van der Waals surface area contributed by atoms with Crippen LogP contribution in [0.25, 0.3) is 0 Å². The molecule has 8 heteroatoms. The molecule has 1 aliphatic rings. The Hall–Kier alpha value is -2.12. The van der Waals surface area contributed by atoms with Gasteiger partial charge < -0.3 is 20.1 Å². The van der Waals surface area contributed by atoms with Gasteiger partial charge in [-0.25, -0.2) is 0 Å². The molecule has 0 saturated carbocycles. The largest absolute Gasteiger partial charge is 0.357 e. The molecule has 0 unspecified atom stereocenters. The Labute approximate surface area is 162 Å². The van der Waals surface area contributed by atoms with Crippen molar-refractivity contribution < 1.29 is 9.32 Å². The minimum absolute atomic E-state index is 0.0642. The Bertz CT molecular complexity index is 617. The van der Waals surface area contributed by atoms with Crippen LogP contribution in [0.4, 0.5) is 0 Å². The maximum Gasteiger partial charge on any atom is 0.228 e. The van der Waals surface area contributed by atoms with E-state index < -0.39 is 0 Å². The lowest BCUT2D eigenvalue weighted by Gasteiger charge is -2.34. The molecule has 1 aromatic heterocycles. The number of carbonyl (C=O) groups excluding carboxylic acids is 1. The monoisotopic (exact) mass is 378 g/mol. The molecule has 0 spiro atoms. The molecule has 152 valence electrons. The van der Waals surface area contributed by atoms with E-state index in [0.717, 1.165) is 44.3 Å². The normalized spacial score (nSPS) is 16.3. The third kappa shape index (κ3) is 6.52. The molecule has 2 heterocycles. The lowest BCUT2D eigenvalue weighted by Crippen LogP contribution is -2.50. The number of carbonyl (C=O) groups is 1. The zero-order valence-electron chi connectivity index (χ0n) is 17.3. The third-order valence-electron chi connectivity index (χ3n) is 4.58.